The van der Waals surface area contributed by atoms with E-state index in [9.17, 15) is 14.7 Å². The first-order valence-corrected chi connectivity index (χ1v) is 11.1. The highest BCUT2D eigenvalue weighted by Crippen LogP contribution is 2.35. The van der Waals surface area contributed by atoms with E-state index in [1.165, 1.54) is 12.1 Å². The van der Waals surface area contributed by atoms with Gasteiger partial charge in [0.1, 0.15) is 17.1 Å². The number of ketones is 1. The van der Waals surface area contributed by atoms with Crippen LogP contribution < -0.4 is 16.2 Å². The third-order valence-electron chi connectivity index (χ3n) is 5.62. The summed E-state index contributed by atoms with van der Waals surface area (Å²) < 4.78 is 11.6. The zero-order chi connectivity index (χ0) is 24.2. The molecule has 7 heteroatoms. The molecule has 7 nitrogen and oxygen atoms in total. The minimum Gasteiger partial charge on any atom is -0.504 e. The lowest BCUT2D eigenvalue weighted by molar-refractivity contribution is 0.0734. The number of aromatic hydroxyl groups is 1. The van der Waals surface area contributed by atoms with Crippen LogP contribution in [0.5, 0.6) is 11.5 Å². The van der Waals surface area contributed by atoms with Gasteiger partial charge in [-0.15, -0.1) is 0 Å². The van der Waals surface area contributed by atoms with E-state index in [-0.39, 0.29) is 28.5 Å². The van der Waals surface area contributed by atoms with Gasteiger partial charge in [-0.1, -0.05) is 38.0 Å². The highest BCUT2D eigenvalue weighted by Gasteiger charge is 2.24. The Morgan fingerprint density at radius 1 is 0.941 bits per heavy atom. The zero-order valence-corrected chi connectivity index (χ0v) is 18.8. The second-order valence-corrected chi connectivity index (χ2v) is 8.10. The molecule has 0 aliphatic carbocycles. The molecule has 4 aromatic rings. The van der Waals surface area contributed by atoms with Crippen molar-refractivity contribution in [2.45, 2.75) is 32.6 Å². The quantitative estimate of drug-likeness (QED) is 0.0795. The summed E-state index contributed by atoms with van der Waals surface area (Å²) in [5.41, 5.74) is 13.2. The number of phenols is 1. The number of hydrogen-bond acceptors (Lipinski definition) is 7. The molecule has 0 saturated heterocycles. The Bertz CT molecular complexity index is 1340. The van der Waals surface area contributed by atoms with E-state index in [2.05, 4.69) is 6.92 Å². The maximum atomic E-state index is 13.5. The van der Waals surface area contributed by atoms with E-state index in [0.717, 1.165) is 19.3 Å². The van der Waals surface area contributed by atoms with Gasteiger partial charge in [0.15, 0.2) is 11.5 Å². The van der Waals surface area contributed by atoms with Gasteiger partial charge < -0.3 is 25.7 Å². The highest BCUT2D eigenvalue weighted by molar-refractivity contribution is 6.17. The number of hydrogen-bond donors (Lipinski definition) is 3. The van der Waals surface area contributed by atoms with Crippen LogP contribution in [0.4, 0.5) is 11.4 Å². The summed E-state index contributed by atoms with van der Waals surface area (Å²) in [6.45, 7) is 2.10. The van der Waals surface area contributed by atoms with Crippen LogP contribution in [-0.4, -0.2) is 16.9 Å². The van der Waals surface area contributed by atoms with E-state index < -0.39 is 5.97 Å². The van der Waals surface area contributed by atoms with Crippen LogP contribution in [0.1, 0.15) is 58.2 Å². The molecule has 0 amide bonds. The molecule has 5 N–H and O–H groups in total. The maximum absolute atomic E-state index is 13.5. The van der Waals surface area contributed by atoms with Crippen molar-refractivity contribution in [1.82, 2.24) is 0 Å². The number of aryl methyl sites for hydroxylation is 1. The SMILES string of the molecule is CCCCCc1oc2cc(OC(=O)c3ccccc3)ccc2c1C(=O)c1cc(N)c(O)c(N)c1. The Labute approximate surface area is 196 Å². The van der Waals surface area contributed by atoms with Gasteiger partial charge in [-0.25, -0.2) is 4.79 Å². The largest absolute Gasteiger partial charge is 0.504 e. The topological polar surface area (TPSA) is 129 Å². The molecule has 4 rings (SSSR count). The zero-order valence-electron chi connectivity index (χ0n) is 18.8. The molecule has 34 heavy (non-hydrogen) atoms. The Morgan fingerprint density at radius 2 is 1.65 bits per heavy atom. The van der Waals surface area contributed by atoms with Gasteiger partial charge in [0.2, 0.25) is 0 Å². The number of furan rings is 1. The number of fused-ring (bicyclic) bond motifs is 1. The number of esters is 1. The van der Waals surface area contributed by atoms with Gasteiger partial charge >= 0.3 is 5.97 Å². The fourth-order valence-corrected chi connectivity index (χ4v) is 3.85. The molecule has 3 aromatic carbocycles. The summed E-state index contributed by atoms with van der Waals surface area (Å²) in [6, 6.07) is 16.4. The maximum Gasteiger partial charge on any atom is 0.343 e. The lowest BCUT2D eigenvalue weighted by Crippen LogP contribution is -2.08. The van der Waals surface area contributed by atoms with Crippen LogP contribution in [0, 0.1) is 0 Å². The van der Waals surface area contributed by atoms with Crippen molar-refractivity contribution >= 4 is 34.1 Å². The molecule has 0 atom stereocenters. The van der Waals surface area contributed by atoms with Crippen molar-refractivity contribution in [2.75, 3.05) is 11.5 Å². The Morgan fingerprint density at radius 3 is 2.32 bits per heavy atom. The first-order valence-electron chi connectivity index (χ1n) is 11.1. The van der Waals surface area contributed by atoms with Crippen LogP contribution >= 0.6 is 0 Å². The van der Waals surface area contributed by atoms with Crippen molar-refractivity contribution in [2.24, 2.45) is 0 Å². The third-order valence-corrected chi connectivity index (χ3v) is 5.62. The molecule has 1 aromatic heterocycles. The average molecular weight is 459 g/mol. The van der Waals surface area contributed by atoms with Gasteiger partial charge in [-0.2, -0.15) is 0 Å². The van der Waals surface area contributed by atoms with E-state index >= 15 is 0 Å². The summed E-state index contributed by atoms with van der Waals surface area (Å²) in [4.78, 5) is 25.9. The Balaban J connectivity index is 1.73. The summed E-state index contributed by atoms with van der Waals surface area (Å²) in [5.74, 6) is -0.183. The molecule has 1 heterocycles. The van der Waals surface area contributed by atoms with E-state index in [0.29, 0.717) is 40.0 Å². The first-order chi connectivity index (χ1) is 16.4. The van der Waals surface area contributed by atoms with Crippen LogP contribution in [0.25, 0.3) is 11.0 Å². The van der Waals surface area contributed by atoms with E-state index in [4.69, 9.17) is 20.6 Å². The Hall–Kier alpha value is -4.26. The number of ether oxygens (including phenoxy) is 1. The smallest absolute Gasteiger partial charge is 0.343 e. The highest BCUT2D eigenvalue weighted by atomic mass is 16.5. The van der Waals surface area contributed by atoms with Gasteiger partial charge in [-0.05, 0) is 42.8 Å². The summed E-state index contributed by atoms with van der Waals surface area (Å²) >= 11 is 0. The molecular formula is C27H26N2O5. The normalized spacial score (nSPS) is 11.0. The fraction of sp³-hybridized carbons (Fsp3) is 0.185. The molecule has 0 aliphatic heterocycles. The second-order valence-electron chi connectivity index (χ2n) is 8.10. The first kappa shape index (κ1) is 22.9. The molecule has 0 spiro atoms. The number of nitrogen functional groups attached to an aromatic ring is 2. The molecule has 0 aliphatic rings. The predicted molar refractivity (Wildman–Crippen MR) is 131 cm³/mol. The fourth-order valence-electron chi connectivity index (χ4n) is 3.85. The van der Waals surface area contributed by atoms with Crippen LogP contribution in [0.3, 0.4) is 0 Å². The predicted octanol–water partition coefficient (Wildman–Crippen LogP) is 5.49. The number of anilines is 2. The van der Waals surface area contributed by atoms with Gasteiger partial charge in [-0.3, -0.25) is 4.79 Å². The Kier molecular flexibility index (Phi) is 6.54. The average Bonchev–Trinajstić information content (AvgIpc) is 3.19. The van der Waals surface area contributed by atoms with Gasteiger partial charge in [0.25, 0.3) is 0 Å². The number of nitrogens with two attached hydrogens (primary N) is 2. The van der Waals surface area contributed by atoms with Crippen molar-refractivity contribution in [3.63, 3.8) is 0 Å². The molecule has 0 radical (unpaired) electrons. The second kappa shape index (κ2) is 9.70. The summed E-state index contributed by atoms with van der Waals surface area (Å²) in [7, 11) is 0. The van der Waals surface area contributed by atoms with Gasteiger partial charge in [0, 0.05) is 23.4 Å². The number of benzene rings is 3. The summed E-state index contributed by atoms with van der Waals surface area (Å²) in [5, 5.41) is 10.5. The number of phenolic OH excluding ortho intramolecular Hbond substituents is 1. The van der Waals surface area contributed by atoms with Crippen molar-refractivity contribution in [1.29, 1.82) is 0 Å². The third kappa shape index (κ3) is 4.59. The lowest BCUT2D eigenvalue weighted by Gasteiger charge is -2.08. The van der Waals surface area contributed by atoms with Crippen molar-refractivity contribution in [3.8, 4) is 11.5 Å². The van der Waals surface area contributed by atoms with E-state index in [1.54, 1.807) is 42.5 Å². The minimum absolute atomic E-state index is 0.0267. The summed E-state index contributed by atoms with van der Waals surface area (Å²) in [6.07, 6.45) is 3.44. The van der Waals surface area contributed by atoms with Crippen LogP contribution in [-0.2, 0) is 6.42 Å². The minimum atomic E-state index is -0.485. The number of carbonyl (C=O) groups excluding carboxylic acids is 2. The van der Waals surface area contributed by atoms with Crippen LogP contribution in [0.15, 0.2) is 65.1 Å². The van der Waals surface area contributed by atoms with Crippen molar-refractivity contribution < 1.29 is 23.8 Å². The molecule has 174 valence electrons. The molecule has 0 fully saturated rings. The lowest BCUT2D eigenvalue weighted by atomic mass is 9.97. The van der Waals surface area contributed by atoms with E-state index in [1.807, 2.05) is 6.07 Å². The molecule has 0 bridgehead atoms. The standard InChI is InChI=1S/C27H26N2O5/c1-2-3-5-10-22-24(25(30)17-13-20(28)26(31)21(29)14-17)19-12-11-18(15-23(19)34-22)33-27(32)16-8-6-4-7-9-16/h4,6-9,11-15,31H,2-3,5,10,28-29H2,1H3. The van der Waals surface area contributed by atoms with Gasteiger partial charge in [0.05, 0.1) is 22.5 Å². The monoisotopic (exact) mass is 458 g/mol. The number of carbonyl (C=O) groups is 2. The van der Waals surface area contributed by atoms with Crippen molar-refractivity contribution in [3.05, 3.63) is 83.1 Å². The molecule has 0 saturated carbocycles. The molecule has 0 unspecified atom stereocenters. The number of rotatable bonds is 8. The van der Waals surface area contributed by atoms with Crippen LogP contribution in [0.2, 0.25) is 0 Å². The molecular weight excluding hydrogens is 432 g/mol. The number of unbranched alkanes of at least 4 members (excludes halogenated alkanes) is 2.